The van der Waals surface area contributed by atoms with E-state index in [4.69, 9.17) is 11.6 Å². The smallest absolute Gasteiger partial charge is 0.207 e. The molecule has 1 fully saturated rings. The lowest BCUT2D eigenvalue weighted by molar-refractivity contribution is 0.465. The van der Waals surface area contributed by atoms with E-state index in [0.717, 1.165) is 11.1 Å². The van der Waals surface area contributed by atoms with Gasteiger partial charge in [0.1, 0.15) is 0 Å². The molecule has 0 aliphatic carbocycles. The Morgan fingerprint density at radius 1 is 1.04 bits per heavy atom. The molecule has 5 heteroatoms. The average molecular weight is 350 g/mol. The zero-order valence-electron chi connectivity index (χ0n) is 13.0. The molecule has 0 bridgehead atoms. The molecule has 23 heavy (non-hydrogen) atoms. The summed E-state index contributed by atoms with van der Waals surface area (Å²) in [6, 6.07) is 17.0. The van der Waals surface area contributed by atoms with E-state index >= 15 is 0 Å². The number of rotatable bonds is 4. The van der Waals surface area contributed by atoms with E-state index in [1.165, 1.54) is 0 Å². The third-order valence-corrected chi connectivity index (χ3v) is 6.73. The van der Waals surface area contributed by atoms with E-state index in [2.05, 4.69) is 0 Å². The van der Waals surface area contributed by atoms with Crippen molar-refractivity contribution in [1.29, 1.82) is 0 Å². The summed E-state index contributed by atoms with van der Waals surface area (Å²) in [5, 5.41) is 0. The maximum atomic E-state index is 12.9. The fourth-order valence-corrected chi connectivity index (χ4v) is 4.96. The summed E-state index contributed by atoms with van der Waals surface area (Å²) < 4.78 is 27.3. The van der Waals surface area contributed by atoms with E-state index in [-0.39, 0.29) is 11.8 Å². The second-order valence-electron chi connectivity index (χ2n) is 6.07. The van der Waals surface area contributed by atoms with E-state index in [1.807, 2.05) is 49.4 Å². The first-order valence-corrected chi connectivity index (χ1v) is 9.67. The van der Waals surface area contributed by atoms with Crippen molar-refractivity contribution in [1.82, 2.24) is 4.31 Å². The number of halogens is 1. The van der Waals surface area contributed by atoms with Crippen LogP contribution >= 0.6 is 11.6 Å². The van der Waals surface area contributed by atoms with Crippen LogP contribution in [0.15, 0.2) is 59.5 Å². The van der Waals surface area contributed by atoms with Crippen molar-refractivity contribution < 1.29 is 8.42 Å². The van der Waals surface area contributed by atoms with Gasteiger partial charge in [-0.25, -0.2) is 8.42 Å². The number of sulfonamides is 1. The predicted octanol–water partition coefficient (Wildman–Crippen LogP) is 3.64. The van der Waals surface area contributed by atoms with Crippen molar-refractivity contribution in [3.8, 4) is 0 Å². The average Bonchev–Trinajstić information content (AvgIpc) is 3.01. The predicted molar refractivity (Wildman–Crippen MR) is 93.3 cm³/mol. The number of alkyl halides is 1. The minimum absolute atomic E-state index is 0.138. The van der Waals surface area contributed by atoms with Crippen LogP contribution in [0, 0.1) is 12.8 Å². The van der Waals surface area contributed by atoms with Crippen molar-refractivity contribution in [3.05, 3.63) is 65.7 Å². The highest BCUT2D eigenvalue weighted by Crippen LogP contribution is 2.36. The van der Waals surface area contributed by atoms with E-state index < -0.39 is 10.0 Å². The monoisotopic (exact) mass is 349 g/mol. The fourth-order valence-electron chi connectivity index (χ4n) is 3.12. The van der Waals surface area contributed by atoms with Gasteiger partial charge < -0.3 is 0 Å². The van der Waals surface area contributed by atoms with Crippen LogP contribution in [0.2, 0.25) is 0 Å². The van der Waals surface area contributed by atoms with Crippen molar-refractivity contribution in [2.75, 3.05) is 19.0 Å². The lowest BCUT2D eigenvalue weighted by atomic mass is 9.90. The van der Waals surface area contributed by atoms with Gasteiger partial charge in [0.05, 0.1) is 4.90 Å². The first kappa shape index (κ1) is 16.5. The Morgan fingerprint density at radius 3 is 2.30 bits per heavy atom. The van der Waals surface area contributed by atoms with Crippen LogP contribution in [0.1, 0.15) is 17.0 Å². The molecule has 0 saturated carbocycles. The Balaban J connectivity index is 1.88. The molecule has 2 aromatic carbocycles. The topological polar surface area (TPSA) is 37.4 Å². The van der Waals surface area contributed by atoms with E-state index in [0.29, 0.717) is 23.9 Å². The van der Waals surface area contributed by atoms with Gasteiger partial charge in [0.25, 0.3) is 0 Å². The van der Waals surface area contributed by atoms with Crippen LogP contribution in [-0.4, -0.2) is 31.7 Å². The summed E-state index contributed by atoms with van der Waals surface area (Å²) in [6.45, 7) is 2.90. The van der Waals surface area contributed by atoms with Gasteiger partial charge in [-0.15, -0.1) is 11.6 Å². The summed E-state index contributed by atoms with van der Waals surface area (Å²) in [7, 11) is -3.46. The van der Waals surface area contributed by atoms with Crippen LogP contribution in [0.25, 0.3) is 0 Å². The van der Waals surface area contributed by atoms with Gasteiger partial charge in [-0.1, -0.05) is 48.0 Å². The lowest BCUT2D eigenvalue weighted by Gasteiger charge is -2.17. The Labute approximate surface area is 142 Å². The Morgan fingerprint density at radius 2 is 1.70 bits per heavy atom. The molecule has 3 rings (SSSR count). The third kappa shape index (κ3) is 3.30. The maximum Gasteiger partial charge on any atom is 0.243 e. The molecule has 1 aliphatic rings. The largest absolute Gasteiger partial charge is 0.243 e. The Kier molecular flexibility index (Phi) is 4.76. The molecule has 122 valence electrons. The minimum atomic E-state index is -3.46. The van der Waals surface area contributed by atoms with E-state index in [9.17, 15) is 8.42 Å². The summed E-state index contributed by atoms with van der Waals surface area (Å²) in [5.74, 6) is 0.743. The summed E-state index contributed by atoms with van der Waals surface area (Å²) in [4.78, 5) is 0.352. The normalized spacial score (nSPS) is 22.3. The molecule has 0 radical (unpaired) electrons. The zero-order chi connectivity index (χ0) is 16.4. The summed E-state index contributed by atoms with van der Waals surface area (Å²) in [5.41, 5.74) is 2.20. The van der Waals surface area contributed by atoms with Crippen molar-refractivity contribution in [2.45, 2.75) is 17.7 Å². The molecule has 3 nitrogen and oxygen atoms in total. The van der Waals surface area contributed by atoms with Gasteiger partial charge in [0.15, 0.2) is 0 Å². The van der Waals surface area contributed by atoms with Crippen LogP contribution in [0.3, 0.4) is 0 Å². The maximum absolute atomic E-state index is 12.9. The standard InChI is InChI=1S/C18H20ClNO2S/c1-14-7-9-17(10-8-14)23(21,22)20-12-16(11-19)18(13-20)15-5-3-2-4-6-15/h2-10,16,18H,11-13H2,1H3. The van der Waals surface area contributed by atoms with Crippen LogP contribution < -0.4 is 0 Å². The number of nitrogens with zero attached hydrogens (tertiary/aromatic N) is 1. The quantitative estimate of drug-likeness (QED) is 0.790. The molecule has 1 aliphatic heterocycles. The van der Waals surface area contributed by atoms with Gasteiger partial charge in [0.2, 0.25) is 10.0 Å². The molecule has 0 spiro atoms. The zero-order valence-corrected chi connectivity index (χ0v) is 14.6. The lowest BCUT2D eigenvalue weighted by Crippen LogP contribution is -2.29. The molecule has 2 atom stereocenters. The SMILES string of the molecule is Cc1ccc(S(=O)(=O)N2CC(CCl)C(c3ccccc3)C2)cc1. The fraction of sp³-hybridized carbons (Fsp3) is 0.333. The van der Waals surface area contributed by atoms with Crippen LogP contribution in [0.4, 0.5) is 0 Å². The van der Waals surface area contributed by atoms with Gasteiger partial charge in [0, 0.05) is 24.9 Å². The second kappa shape index (κ2) is 6.63. The van der Waals surface area contributed by atoms with Gasteiger partial charge >= 0.3 is 0 Å². The second-order valence-corrected chi connectivity index (χ2v) is 8.31. The van der Waals surface area contributed by atoms with E-state index in [1.54, 1.807) is 16.4 Å². The number of hydrogen-bond donors (Lipinski definition) is 0. The summed E-state index contributed by atoms with van der Waals surface area (Å²) in [6.07, 6.45) is 0. The molecule has 1 saturated heterocycles. The Hall–Kier alpha value is -1.36. The highest BCUT2D eigenvalue weighted by atomic mass is 35.5. The van der Waals surface area contributed by atoms with Crippen molar-refractivity contribution in [3.63, 3.8) is 0 Å². The molecule has 2 unspecified atom stereocenters. The molecule has 2 aromatic rings. The molecule has 1 heterocycles. The van der Waals surface area contributed by atoms with Gasteiger partial charge in [-0.05, 0) is 30.5 Å². The molecule has 0 aromatic heterocycles. The summed E-state index contributed by atoms with van der Waals surface area (Å²) >= 11 is 6.11. The number of hydrogen-bond acceptors (Lipinski definition) is 2. The van der Waals surface area contributed by atoms with Crippen molar-refractivity contribution in [2.24, 2.45) is 5.92 Å². The number of benzene rings is 2. The molecular weight excluding hydrogens is 330 g/mol. The molecular formula is C18H20ClNO2S. The highest BCUT2D eigenvalue weighted by Gasteiger charge is 2.39. The van der Waals surface area contributed by atoms with Crippen molar-refractivity contribution >= 4 is 21.6 Å². The first-order valence-electron chi connectivity index (χ1n) is 7.70. The minimum Gasteiger partial charge on any atom is -0.207 e. The molecule has 0 amide bonds. The van der Waals surface area contributed by atoms with Gasteiger partial charge in [-0.3, -0.25) is 0 Å². The van der Waals surface area contributed by atoms with Gasteiger partial charge in [-0.2, -0.15) is 4.31 Å². The van der Waals surface area contributed by atoms with Crippen LogP contribution in [0.5, 0.6) is 0 Å². The van der Waals surface area contributed by atoms with Crippen LogP contribution in [-0.2, 0) is 10.0 Å². The third-order valence-electron chi connectivity index (χ3n) is 4.49. The highest BCUT2D eigenvalue weighted by molar-refractivity contribution is 7.89. The Bertz CT molecular complexity index is 759. The number of aryl methyl sites for hydroxylation is 1. The molecule has 0 N–H and O–H groups in total. The first-order chi connectivity index (χ1) is 11.0.